The Hall–Kier alpha value is -2.98. The fraction of sp³-hybridized carbons (Fsp3) is 0.435. The molecule has 2 aliphatic rings. The number of amides is 2. The molecule has 0 unspecified atom stereocenters. The highest BCUT2D eigenvalue weighted by atomic mass is 35.5. The minimum atomic E-state index is -0.989. The first-order chi connectivity index (χ1) is 15.6. The van der Waals surface area contributed by atoms with Gasteiger partial charge in [-0.1, -0.05) is 6.07 Å². The number of fused-ring (bicyclic) bond motifs is 2. The third-order valence-electron chi connectivity index (χ3n) is 6.46. The maximum Gasteiger partial charge on any atom is 0.274 e. The Morgan fingerprint density at radius 2 is 2.03 bits per heavy atom. The number of methoxy groups -OCH3 is 1. The molecular weight excluding hydrogens is 472 g/mol. The summed E-state index contributed by atoms with van der Waals surface area (Å²) in [6.07, 6.45) is 1.94. The molecule has 1 aromatic carbocycles. The molecule has 0 bridgehead atoms. The van der Waals surface area contributed by atoms with Crippen molar-refractivity contribution in [3.63, 3.8) is 0 Å². The largest absolute Gasteiger partial charge is 0.503 e. The number of nitrogens with zero attached hydrogens (tertiary/aromatic N) is 2. The number of hydrogen-bond acceptors (Lipinski definition) is 5. The Bertz CT molecular complexity index is 1200. The highest BCUT2D eigenvalue weighted by Gasteiger charge is 2.60. The fourth-order valence-corrected chi connectivity index (χ4v) is 4.52. The van der Waals surface area contributed by atoms with Crippen LogP contribution < -0.4 is 10.7 Å². The van der Waals surface area contributed by atoms with E-state index in [0.717, 1.165) is 6.07 Å². The van der Waals surface area contributed by atoms with E-state index >= 15 is 0 Å². The van der Waals surface area contributed by atoms with Crippen LogP contribution in [0.15, 0.2) is 29.2 Å². The van der Waals surface area contributed by atoms with Gasteiger partial charge in [0.25, 0.3) is 11.8 Å². The van der Waals surface area contributed by atoms with Gasteiger partial charge in [0.15, 0.2) is 11.4 Å². The molecule has 1 aromatic heterocycles. The molecule has 1 aliphatic heterocycles. The van der Waals surface area contributed by atoms with Gasteiger partial charge in [-0.05, 0) is 26.3 Å². The van der Waals surface area contributed by atoms with Crippen molar-refractivity contribution in [1.82, 2.24) is 14.8 Å². The van der Waals surface area contributed by atoms with Crippen molar-refractivity contribution in [1.29, 1.82) is 0 Å². The summed E-state index contributed by atoms with van der Waals surface area (Å²) in [7, 11) is 1.57. The highest BCUT2D eigenvalue weighted by Crippen LogP contribution is 2.54. The van der Waals surface area contributed by atoms with E-state index in [1.807, 2.05) is 13.8 Å². The van der Waals surface area contributed by atoms with Crippen molar-refractivity contribution in [3.05, 3.63) is 63.1 Å². The molecule has 8 nitrogen and oxygen atoms in total. The van der Waals surface area contributed by atoms with Gasteiger partial charge in [0, 0.05) is 50.0 Å². The van der Waals surface area contributed by atoms with Gasteiger partial charge in [-0.25, -0.2) is 8.78 Å². The fourth-order valence-electron chi connectivity index (χ4n) is 4.52. The number of halogens is 3. The second-order valence-corrected chi connectivity index (χ2v) is 8.84. The smallest absolute Gasteiger partial charge is 0.274 e. The van der Waals surface area contributed by atoms with Gasteiger partial charge >= 0.3 is 0 Å². The Morgan fingerprint density at radius 1 is 1.32 bits per heavy atom. The normalized spacial score (nSPS) is 20.8. The minimum absolute atomic E-state index is 0. The Morgan fingerprint density at radius 3 is 2.65 bits per heavy atom. The number of pyridine rings is 1. The average molecular weight is 498 g/mol. The van der Waals surface area contributed by atoms with Crippen LogP contribution in [0.4, 0.5) is 8.78 Å². The zero-order valence-electron chi connectivity index (χ0n) is 18.9. The van der Waals surface area contributed by atoms with E-state index < -0.39 is 40.2 Å². The first-order valence-corrected chi connectivity index (χ1v) is 10.6. The summed E-state index contributed by atoms with van der Waals surface area (Å²) >= 11 is 0. The van der Waals surface area contributed by atoms with Gasteiger partial charge in [-0.15, -0.1) is 12.4 Å². The van der Waals surface area contributed by atoms with Crippen molar-refractivity contribution in [2.75, 3.05) is 20.3 Å². The SMILES string of the molecule is COC[C@@H]1C[C@]12CN(C(C)C)C(=O)c1c(O)c(=O)c(C(=O)NCc3ccc(F)cc3F)cn12.Cl. The number of benzene rings is 1. The Balaban J connectivity index is 0.00000324. The lowest BCUT2D eigenvalue weighted by Crippen LogP contribution is -2.52. The summed E-state index contributed by atoms with van der Waals surface area (Å²) in [5.74, 6) is -3.68. The maximum absolute atomic E-state index is 13.9. The van der Waals surface area contributed by atoms with E-state index in [4.69, 9.17) is 4.74 Å². The van der Waals surface area contributed by atoms with Crippen LogP contribution in [-0.2, 0) is 16.8 Å². The molecule has 1 saturated carbocycles. The van der Waals surface area contributed by atoms with Crippen LogP contribution in [0, 0.1) is 17.6 Å². The van der Waals surface area contributed by atoms with Crippen LogP contribution in [0.5, 0.6) is 5.75 Å². The summed E-state index contributed by atoms with van der Waals surface area (Å²) in [6.45, 7) is 4.18. The third-order valence-corrected chi connectivity index (χ3v) is 6.46. The summed E-state index contributed by atoms with van der Waals surface area (Å²) in [5, 5.41) is 13.1. The Kier molecular flexibility index (Phi) is 7.05. The molecular formula is C23H26ClF2N3O5. The molecule has 1 spiro atoms. The van der Waals surface area contributed by atoms with Crippen LogP contribution >= 0.6 is 12.4 Å². The predicted octanol–water partition coefficient (Wildman–Crippen LogP) is 2.41. The lowest BCUT2D eigenvalue weighted by atomic mass is 10.0. The molecule has 2 amide bonds. The van der Waals surface area contributed by atoms with E-state index in [-0.39, 0.29) is 47.7 Å². The molecule has 34 heavy (non-hydrogen) atoms. The minimum Gasteiger partial charge on any atom is -0.503 e. The van der Waals surface area contributed by atoms with Gasteiger partial charge in [0.05, 0.1) is 12.1 Å². The molecule has 2 aromatic rings. The number of carbonyl (C=O) groups excluding carboxylic acids is 2. The monoisotopic (exact) mass is 497 g/mol. The van der Waals surface area contributed by atoms with Gasteiger partial charge < -0.3 is 24.6 Å². The van der Waals surface area contributed by atoms with Crippen molar-refractivity contribution < 1.29 is 28.2 Å². The van der Waals surface area contributed by atoms with Crippen molar-refractivity contribution in [3.8, 4) is 5.75 Å². The predicted molar refractivity (Wildman–Crippen MR) is 121 cm³/mol. The lowest BCUT2D eigenvalue weighted by molar-refractivity contribution is 0.0543. The second kappa shape index (κ2) is 9.34. The summed E-state index contributed by atoms with van der Waals surface area (Å²) in [4.78, 5) is 40.3. The van der Waals surface area contributed by atoms with Crippen molar-refractivity contribution in [2.24, 2.45) is 5.92 Å². The number of ether oxygens (including phenoxy) is 1. The van der Waals surface area contributed by atoms with E-state index in [1.165, 1.54) is 16.8 Å². The van der Waals surface area contributed by atoms with Crippen LogP contribution in [0.1, 0.15) is 46.7 Å². The van der Waals surface area contributed by atoms with E-state index in [0.29, 0.717) is 25.6 Å². The first-order valence-electron chi connectivity index (χ1n) is 10.6. The van der Waals surface area contributed by atoms with Gasteiger partial charge in [0.2, 0.25) is 5.43 Å². The van der Waals surface area contributed by atoms with Gasteiger partial charge in [-0.2, -0.15) is 0 Å². The van der Waals surface area contributed by atoms with E-state index in [2.05, 4.69) is 5.32 Å². The van der Waals surface area contributed by atoms with Gasteiger partial charge in [0.1, 0.15) is 17.2 Å². The van der Waals surface area contributed by atoms with Crippen LogP contribution in [0.3, 0.4) is 0 Å². The lowest BCUT2D eigenvalue weighted by Gasteiger charge is -2.39. The second-order valence-electron chi connectivity index (χ2n) is 8.84. The number of aromatic nitrogens is 1. The number of nitrogens with one attached hydrogen (secondary N) is 1. The number of aromatic hydroxyl groups is 1. The molecule has 4 rings (SSSR count). The molecule has 11 heteroatoms. The zero-order valence-corrected chi connectivity index (χ0v) is 19.7. The van der Waals surface area contributed by atoms with Crippen molar-refractivity contribution in [2.45, 2.75) is 38.4 Å². The average Bonchev–Trinajstić information content (AvgIpc) is 3.44. The van der Waals surface area contributed by atoms with Crippen molar-refractivity contribution >= 4 is 24.2 Å². The quantitative estimate of drug-likeness (QED) is 0.638. The molecule has 0 radical (unpaired) electrons. The number of hydrogen-bond donors (Lipinski definition) is 2. The molecule has 0 saturated heterocycles. The standard InChI is InChI=1S/C23H25F2N3O5.ClH/c1-12(2)27-11-23(7-14(23)10-33-3)28-9-16(19(29)20(30)18(28)22(27)32)21(31)26-8-13-4-5-15(24)6-17(13)25;/h4-6,9,12,14,30H,7-8,10-11H2,1-3H3,(H,26,31);1H/t14-,23-;/m0./s1. The molecule has 2 atom stereocenters. The van der Waals surface area contributed by atoms with Crippen LogP contribution in [0.25, 0.3) is 0 Å². The summed E-state index contributed by atoms with van der Waals surface area (Å²) in [6, 6.07) is 2.79. The maximum atomic E-state index is 13.9. The molecule has 1 aliphatic carbocycles. The Labute approximate surface area is 200 Å². The van der Waals surface area contributed by atoms with Crippen LogP contribution in [0.2, 0.25) is 0 Å². The molecule has 1 fully saturated rings. The summed E-state index contributed by atoms with van der Waals surface area (Å²) in [5.41, 5.74) is -2.08. The number of carbonyl (C=O) groups is 2. The molecule has 2 heterocycles. The zero-order chi connectivity index (χ0) is 24.1. The highest BCUT2D eigenvalue weighted by molar-refractivity contribution is 5.99. The first kappa shape index (κ1) is 25.6. The van der Waals surface area contributed by atoms with Crippen LogP contribution in [-0.4, -0.2) is 52.7 Å². The molecule has 2 N–H and O–H groups in total. The van der Waals surface area contributed by atoms with E-state index in [9.17, 15) is 28.3 Å². The summed E-state index contributed by atoms with van der Waals surface area (Å²) < 4.78 is 33.8. The third kappa shape index (κ3) is 4.16. The molecule has 184 valence electrons. The number of rotatable bonds is 6. The van der Waals surface area contributed by atoms with Gasteiger partial charge in [-0.3, -0.25) is 14.4 Å². The van der Waals surface area contributed by atoms with E-state index in [1.54, 1.807) is 12.0 Å². The topological polar surface area (TPSA) is 101 Å².